The predicted octanol–water partition coefficient (Wildman–Crippen LogP) is 4.79. The SMILES string of the molecule is CC(N)[C@]1(c2ccccc2)CC[C@H](Oc2cc3cc[nH]c(=O)c3cc2Cl)CC1. The van der Waals surface area contributed by atoms with Crippen LogP contribution in [0.25, 0.3) is 10.8 Å². The molecule has 2 aromatic carbocycles. The highest BCUT2D eigenvalue weighted by molar-refractivity contribution is 6.32. The topological polar surface area (TPSA) is 68.1 Å². The Morgan fingerprint density at radius 1 is 1.18 bits per heavy atom. The van der Waals surface area contributed by atoms with Crippen molar-refractivity contribution in [3.63, 3.8) is 0 Å². The number of aromatic amines is 1. The fraction of sp³-hybridized carbons (Fsp3) is 0.348. The summed E-state index contributed by atoms with van der Waals surface area (Å²) in [5.74, 6) is 0.637. The van der Waals surface area contributed by atoms with Gasteiger partial charge in [0, 0.05) is 23.0 Å². The number of benzene rings is 2. The van der Waals surface area contributed by atoms with Crippen LogP contribution in [0.5, 0.6) is 5.75 Å². The van der Waals surface area contributed by atoms with E-state index in [4.69, 9.17) is 22.1 Å². The molecular weight excluding hydrogens is 372 g/mol. The van der Waals surface area contributed by atoms with Crippen LogP contribution in [0, 0.1) is 0 Å². The fourth-order valence-corrected chi connectivity index (χ4v) is 4.67. The van der Waals surface area contributed by atoms with E-state index >= 15 is 0 Å². The van der Waals surface area contributed by atoms with Crippen molar-refractivity contribution >= 4 is 22.4 Å². The van der Waals surface area contributed by atoms with Crippen molar-refractivity contribution in [1.29, 1.82) is 0 Å². The molecular formula is C23H25ClN2O2. The first-order valence-electron chi connectivity index (χ1n) is 9.78. The lowest BCUT2D eigenvalue weighted by Gasteiger charge is -2.43. The average molecular weight is 397 g/mol. The van der Waals surface area contributed by atoms with E-state index in [0.29, 0.717) is 16.2 Å². The van der Waals surface area contributed by atoms with Crippen molar-refractivity contribution in [1.82, 2.24) is 4.98 Å². The van der Waals surface area contributed by atoms with Crippen LogP contribution in [-0.2, 0) is 5.41 Å². The van der Waals surface area contributed by atoms with Gasteiger partial charge in [-0.15, -0.1) is 0 Å². The number of H-pyrrole nitrogens is 1. The highest BCUT2D eigenvalue weighted by Crippen LogP contribution is 2.43. The molecule has 1 aliphatic rings. The summed E-state index contributed by atoms with van der Waals surface area (Å²) in [5.41, 5.74) is 7.59. The Hall–Kier alpha value is -2.30. The summed E-state index contributed by atoms with van der Waals surface area (Å²) in [6.07, 6.45) is 5.52. The fourth-order valence-electron chi connectivity index (χ4n) is 4.46. The molecule has 1 aromatic heterocycles. The molecule has 4 rings (SSSR count). The van der Waals surface area contributed by atoms with Crippen LogP contribution in [-0.4, -0.2) is 17.1 Å². The number of pyridine rings is 1. The molecule has 1 aliphatic carbocycles. The molecule has 0 aliphatic heterocycles. The van der Waals surface area contributed by atoms with Gasteiger partial charge in [-0.3, -0.25) is 4.79 Å². The second-order valence-electron chi connectivity index (χ2n) is 7.80. The molecule has 0 spiro atoms. The van der Waals surface area contributed by atoms with Gasteiger partial charge >= 0.3 is 0 Å². The standard InChI is InChI=1S/C23H25ClN2O2/c1-15(25)23(17-5-3-2-4-6-17)10-7-18(8-11-23)28-21-13-16-9-12-26-22(27)19(16)14-20(21)24/h2-6,9,12-15,18H,7-8,10-11,25H2,1H3,(H,26,27)/t15?,18-,23-. The lowest BCUT2D eigenvalue weighted by molar-refractivity contribution is 0.107. The number of halogens is 1. The van der Waals surface area contributed by atoms with Gasteiger partial charge in [-0.25, -0.2) is 0 Å². The third-order valence-corrected chi connectivity index (χ3v) is 6.46. The zero-order valence-electron chi connectivity index (χ0n) is 16.0. The van der Waals surface area contributed by atoms with Crippen LogP contribution in [0.2, 0.25) is 5.02 Å². The van der Waals surface area contributed by atoms with Crippen molar-refractivity contribution in [2.75, 3.05) is 0 Å². The molecule has 1 atom stereocenters. The van der Waals surface area contributed by atoms with Crippen molar-refractivity contribution < 1.29 is 4.74 Å². The minimum Gasteiger partial charge on any atom is -0.489 e. The molecule has 146 valence electrons. The van der Waals surface area contributed by atoms with E-state index in [1.54, 1.807) is 12.3 Å². The number of hydrogen-bond donors (Lipinski definition) is 2. The lowest BCUT2D eigenvalue weighted by atomic mass is 9.65. The quantitative estimate of drug-likeness (QED) is 0.666. The number of nitrogens with one attached hydrogen (secondary N) is 1. The second-order valence-corrected chi connectivity index (χ2v) is 8.21. The highest BCUT2D eigenvalue weighted by Gasteiger charge is 2.40. The van der Waals surface area contributed by atoms with Crippen LogP contribution in [0.4, 0.5) is 0 Å². The number of hydrogen-bond acceptors (Lipinski definition) is 3. The van der Waals surface area contributed by atoms with Crippen LogP contribution in [0.3, 0.4) is 0 Å². The Morgan fingerprint density at radius 3 is 2.57 bits per heavy atom. The second kappa shape index (κ2) is 7.61. The molecule has 4 nitrogen and oxygen atoms in total. The van der Waals surface area contributed by atoms with Gasteiger partial charge in [-0.2, -0.15) is 0 Å². The summed E-state index contributed by atoms with van der Waals surface area (Å²) in [6.45, 7) is 2.10. The number of ether oxygens (including phenoxy) is 1. The largest absolute Gasteiger partial charge is 0.489 e. The summed E-state index contributed by atoms with van der Waals surface area (Å²) in [7, 11) is 0. The van der Waals surface area contributed by atoms with Gasteiger partial charge in [0.25, 0.3) is 5.56 Å². The third kappa shape index (κ3) is 3.43. The van der Waals surface area contributed by atoms with E-state index < -0.39 is 0 Å². The highest BCUT2D eigenvalue weighted by atomic mass is 35.5. The van der Waals surface area contributed by atoms with E-state index in [1.165, 1.54) is 5.56 Å². The molecule has 3 N–H and O–H groups in total. The number of aromatic nitrogens is 1. The van der Waals surface area contributed by atoms with Crippen LogP contribution in [0.1, 0.15) is 38.2 Å². The first kappa shape index (κ1) is 19.0. The molecule has 0 bridgehead atoms. The normalized spacial score (nSPS) is 23.5. The number of fused-ring (bicyclic) bond motifs is 1. The molecule has 5 heteroatoms. The van der Waals surface area contributed by atoms with Gasteiger partial charge < -0.3 is 15.5 Å². The monoisotopic (exact) mass is 396 g/mol. The zero-order chi connectivity index (χ0) is 19.7. The molecule has 1 fully saturated rings. The average Bonchev–Trinajstić information content (AvgIpc) is 2.70. The van der Waals surface area contributed by atoms with Crippen LogP contribution < -0.4 is 16.0 Å². The maximum Gasteiger partial charge on any atom is 0.255 e. The Balaban J connectivity index is 1.54. The van der Waals surface area contributed by atoms with Crippen molar-refractivity contribution in [3.8, 4) is 5.75 Å². The third-order valence-electron chi connectivity index (χ3n) is 6.16. The Kier molecular flexibility index (Phi) is 5.17. The summed E-state index contributed by atoms with van der Waals surface area (Å²) >= 11 is 6.40. The van der Waals surface area contributed by atoms with Crippen molar-refractivity contribution in [3.05, 3.63) is 75.7 Å². The maximum atomic E-state index is 11.9. The number of rotatable bonds is 4. The summed E-state index contributed by atoms with van der Waals surface area (Å²) in [6, 6.07) is 16.0. The summed E-state index contributed by atoms with van der Waals surface area (Å²) in [4.78, 5) is 14.6. The first-order valence-corrected chi connectivity index (χ1v) is 10.2. The van der Waals surface area contributed by atoms with E-state index in [9.17, 15) is 4.79 Å². The minimum atomic E-state index is -0.145. The van der Waals surface area contributed by atoms with Gasteiger partial charge in [0.15, 0.2) is 0 Å². The summed E-state index contributed by atoms with van der Waals surface area (Å²) < 4.78 is 6.26. The van der Waals surface area contributed by atoms with Crippen LogP contribution in [0.15, 0.2) is 59.5 Å². The summed E-state index contributed by atoms with van der Waals surface area (Å²) in [5, 5.41) is 1.87. The van der Waals surface area contributed by atoms with Crippen molar-refractivity contribution in [2.45, 2.75) is 50.2 Å². The predicted molar refractivity (Wildman–Crippen MR) is 114 cm³/mol. The van der Waals surface area contributed by atoms with Gasteiger partial charge in [0.1, 0.15) is 5.75 Å². The van der Waals surface area contributed by atoms with Gasteiger partial charge in [0.2, 0.25) is 0 Å². The zero-order valence-corrected chi connectivity index (χ0v) is 16.7. The van der Waals surface area contributed by atoms with Gasteiger partial charge in [-0.1, -0.05) is 41.9 Å². The van der Waals surface area contributed by atoms with Gasteiger partial charge in [0.05, 0.1) is 11.1 Å². The molecule has 0 saturated heterocycles. The molecule has 0 amide bonds. The molecule has 1 heterocycles. The van der Waals surface area contributed by atoms with E-state index in [0.717, 1.165) is 31.1 Å². The van der Waals surface area contributed by atoms with Crippen LogP contribution >= 0.6 is 11.6 Å². The molecule has 1 saturated carbocycles. The smallest absolute Gasteiger partial charge is 0.255 e. The number of nitrogens with two attached hydrogens (primary N) is 1. The van der Waals surface area contributed by atoms with E-state index in [1.807, 2.05) is 18.2 Å². The van der Waals surface area contributed by atoms with E-state index in [2.05, 4.69) is 36.2 Å². The minimum absolute atomic E-state index is 0.0123. The first-order chi connectivity index (χ1) is 13.5. The molecule has 3 aromatic rings. The van der Waals surface area contributed by atoms with Crippen molar-refractivity contribution in [2.24, 2.45) is 5.73 Å². The Morgan fingerprint density at radius 2 is 1.89 bits per heavy atom. The molecule has 1 unspecified atom stereocenters. The van der Waals surface area contributed by atoms with Gasteiger partial charge in [-0.05, 0) is 61.8 Å². The Labute approximate surface area is 169 Å². The molecule has 28 heavy (non-hydrogen) atoms. The molecule has 0 radical (unpaired) electrons. The lowest BCUT2D eigenvalue weighted by Crippen LogP contribution is -2.47. The Bertz CT molecular complexity index is 1020. The van der Waals surface area contributed by atoms with E-state index in [-0.39, 0.29) is 23.1 Å². The maximum absolute atomic E-state index is 11.9.